The van der Waals surface area contributed by atoms with Gasteiger partial charge in [-0.15, -0.1) is 11.3 Å². The van der Waals surface area contributed by atoms with E-state index in [0.717, 1.165) is 22.3 Å². The van der Waals surface area contributed by atoms with Gasteiger partial charge in [0.1, 0.15) is 0 Å². The molecule has 0 aliphatic carbocycles. The Morgan fingerprint density at radius 3 is 3.17 bits per heavy atom. The summed E-state index contributed by atoms with van der Waals surface area (Å²) in [6, 6.07) is 3.62. The molecule has 2 heterocycles. The molecule has 0 amide bonds. The number of aromatic amines is 1. The van der Waals surface area contributed by atoms with Gasteiger partial charge in [-0.1, -0.05) is 6.92 Å². The second-order valence-corrected chi connectivity index (χ2v) is 3.59. The molecule has 0 fully saturated rings. The maximum atomic E-state index is 11.4. The third-order valence-electron chi connectivity index (χ3n) is 1.87. The van der Waals surface area contributed by atoms with Gasteiger partial charge >= 0.3 is 0 Å². The van der Waals surface area contributed by atoms with Crippen molar-refractivity contribution in [3.8, 4) is 0 Å². The summed E-state index contributed by atoms with van der Waals surface area (Å²) in [7, 11) is 0. The van der Waals surface area contributed by atoms with Crippen LogP contribution in [0.25, 0.3) is 10.2 Å². The molecule has 62 valence electrons. The molecule has 2 rings (SSSR count). The summed E-state index contributed by atoms with van der Waals surface area (Å²) in [6.07, 6.45) is 0.876. The van der Waals surface area contributed by atoms with Crippen LogP contribution in [0.3, 0.4) is 0 Å². The molecule has 0 radical (unpaired) electrons. The van der Waals surface area contributed by atoms with E-state index < -0.39 is 0 Å². The summed E-state index contributed by atoms with van der Waals surface area (Å²) in [6.45, 7) is 2.03. The topological polar surface area (TPSA) is 32.9 Å². The van der Waals surface area contributed by atoms with Crippen LogP contribution in [-0.4, -0.2) is 4.98 Å². The van der Waals surface area contributed by atoms with E-state index in [2.05, 4.69) is 4.98 Å². The van der Waals surface area contributed by atoms with Crippen molar-refractivity contribution in [2.45, 2.75) is 13.3 Å². The molecule has 3 heteroatoms. The van der Waals surface area contributed by atoms with E-state index in [1.807, 2.05) is 18.4 Å². The Hall–Kier alpha value is -1.09. The van der Waals surface area contributed by atoms with E-state index in [9.17, 15) is 4.79 Å². The minimum Gasteiger partial charge on any atom is -0.358 e. The first kappa shape index (κ1) is 7.55. The zero-order valence-corrected chi connectivity index (χ0v) is 7.57. The van der Waals surface area contributed by atoms with Crippen LogP contribution in [-0.2, 0) is 6.42 Å². The molecule has 1 N–H and O–H groups in total. The highest BCUT2D eigenvalue weighted by atomic mass is 32.1. The van der Waals surface area contributed by atoms with Crippen molar-refractivity contribution in [1.29, 1.82) is 0 Å². The van der Waals surface area contributed by atoms with Gasteiger partial charge in [0.15, 0.2) is 5.43 Å². The molecule has 2 aromatic rings. The van der Waals surface area contributed by atoms with Crippen molar-refractivity contribution in [2.75, 3.05) is 0 Å². The first-order valence-electron chi connectivity index (χ1n) is 3.90. The van der Waals surface area contributed by atoms with Gasteiger partial charge in [-0.05, 0) is 17.9 Å². The Morgan fingerprint density at radius 1 is 1.58 bits per heavy atom. The van der Waals surface area contributed by atoms with Crippen molar-refractivity contribution >= 4 is 21.6 Å². The maximum absolute atomic E-state index is 11.4. The van der Waals surface area contributed by atoms with E-state index >= 15 is 0 Å². The molecular formula is C9H9NOS. The minimum absolute atomic E-state index is 0.135. The SMILES string of the molecule is CCc1cc(=O)c2sccc2[nH]1. The van der Waals surface area contributed by atoms with Crippen LogP contribution in [0.5, 0.6) is 0 Å². The Balaban J connectivity index is 2.84. The van der Waals surface area contributed by atoms with Crippen LogP contribution in [0.2, 0.25) is 0 Å². The highest BCUT2D eigenvalue weighted by Gasteiger charge is 2.00. The molecule has 2 nitrogen and oxygen atoms in total. The van der Waals surface area contributed by atoms with Crippen LogP contribution in [0, 0.1) is 0 Å². The lowest BCUT2D eigenvalue weighted by Gasteiger charge is -1.95. The molecule has 2 aromatic heterocycles. The predicted octanol–water partition coefficient (Wildman–Crippen LogP) is 2.15. The summed E-state index contributed by atoms with van der Waals surface area (Å²) in [4.78, 5) is 14.6. The second-order valence-electron chi connectivity index (χ2n) is 2.68. The molecule has 0 aliphatic rings. The number of aryl methyl sites for hydroxylation is 1. The van der Waals surface area contributed by atoms with Gasteiger partial charge in [0.2, 0.25) is 0 Å². The highest BCUT2D eigenvalue weighted by molar-refractivity contribution is 7.17. The molecule has 0 saturated heterocycles. The fraction of sp³-hybridized carbons (Fsp3) is 0.222. The molecule has 0 unspecified atom stereocenters. The molecule has 12 heavy (non-hydrogen) atoms. The lowest BCUT2D eigenvalue weighted by molar-refractivity contribution is 1.05. The molecule has 0 saturated carbocycles. The Labute approximate surface area is 73.9 Å². The van der Waals surface area contributed by atoms with Crippen molar-refractivity contribution < 1.29 is 0 Å². The molecular weight excluding hydrogens is 170 g/mol. The van der Waals surface area contributed by atoms with Gasteiger partial charge < -0.3 is 4.98 Å². The molecule has 0 bridgehead atoms. The molecule has 0 aromatic carbocycles. The lowest BCUT2D eigenvalue weighted by atomic mass is 10.3. The summed E-state index contributed by atoms with van der Waals surface area (Å²) in [5.74, 6) is 0. The normalized spacial score (nSPS) is 10.8. The number of pyridine rings is 1. The first-order chi connectivity index (χ1) is 5.81. The monoisotopic (exact) mass is 179 g/mol. The number of hydrogen-bond donors (Lipinski definition) is 1. The average Bonchev–Trinajstić information content (AvgIpc) is 2.52. The van der Waals surface area contributed by atoms with Crippen LogP contribution >= 0.6 is 11.3 Å². The number of nitrogens with one attached hydrogen (secondary N) is 1. The predicted molar refractivity (Wildman–Crippen MR) is 51.8 cm³/mol. The quantitative estimate of drug-likeness (QED) is 0.714. The zero-order chi connectivity index (χ0) is 8.55. The Morgan fingerprint density at radius 2 is 2.42 bits per heavy atom. The third-order valence-corrected chi connectivity index (χ3v) is 2.80. The van der Waals surface area contributed by atoms with Crippen molar-refractivity contribution in [3.05, 3.63) is 33.4 Å². The van der Waals surface area contributed by atoms with Gasteiger partial charge in [-0.3, -0.25) is 4.79 Å². The number of fused-ring (bicyclic) bond motifs is 1. The van der Waals surface area contributed by atoms with Crippen LogP contribution in [0.15, 0.2) is 22.3 Å². The van der Waals surface area contributed by atoms with Gasteiger partial charge in [-0.25, -0.2) is 0 Å². The van der Waals surface area contributed by atoms with Crippen molar-refractivity contribution in [2.24, 2.45) is 0 Å². The fourth-order valence-corrected chi connectivity index (χ4v) is 1.98. The van der Waals surface area contributed by atoms with Crippen LogP contribution < -0.4 is 5.43 Å². The number of thiophene rings is 1. The van der Waals surface area contributed by atoms with Crippen LogP contribution in [0.4, 0.5) is 0 Å². The van der Waals surface area contributed by atoms with E-state index in [0.29, 0.717) is 0 Å². The minimum atomic E-state index is 0.135. The number of hydrogen-bond acceptors (Lipinski definition) is 2. The second kappa shape index (κ2) is 2.75. The van der Waals surface area contributed by atoms with Gasteiger partial charge in [0, 0.05) is 11.8 Å². The van der Waals surface area contributed by atoms with Gasteiger partial charge in [-0.2, -0.15) is 0 Å². The van der Waals surface area contributed by atoms with E-state index in [1.165, 1.54) is 11.3 Å². The number of H-pyrrole nitrogens is 1. The van der Waals surface area contributed by atoms with E-state index in [-0.39, 0.29) is 5.43 Å². The van der Waals surface area contributed by atoms with Gasteiger partial charge in [0.25, 0.3) is 0 Å². The summed E-state index contributed by atoms with van der Waals surface area (Å²) in [5.41, 5.74) is 2.10. The fourth-order valence-electron chi connectivity index (χ4n) is 1.22. The summed E-state index contributed by atoms with van der Waals surface area (Å²) in [5, 5.41) is 1.93. The van der Waals surface area contributed by atoms with Gasteiger partial charge in [0.05, 0.1) is 10.2 Å². The lowest BCUT2D eigenvalue weighted by Crippen LogP contribution is -2.01. The Bertz CT molecular complexity index is 455. The third kappa shape index (κ3) is 1.06. The zero-order valence-electron chi connectivity index (χ0n) is 6.76. The molecule has 0 aliphatic heterocycles. The summed E-state index contributed by atoms with van der Waals surface area (Å²) < 4.78 is 0.826. The number of rotatable bonds is 1. The van der Waals surface area contributed by atoms with Crippen LogP contribution in [0.1, 0.15) is 12.6 Å². The maximum Gasteiger partial charge on any atom is 0.199 e. The largest absolute Gasteiger partial charge is 0.358 e. The smallest absolute Gasteiger partial charge is 0.199 e. The number of aromatic nitrogens is 1. The average molecular weight is 179 g/mol. The van der Waals surface area contributed by atoms with Crippen molar-refractivity contribution in [3.63, 3.8) is 0 Å². The van der Waals surface area contributed by atoms with E-state index in [1.54, 1.807) is 6.07 Å². The van der Waals surface area contributed by atoms with E-state index in [4.69, 9.17) is 0 Å². The standard InChI is InChI=1S/C9H9NOS/c1-2-6-5-8(11)9-7(10-6)3-4-12-9/h3-5H,2H2,1H3,(H,10,11). The molecule has 0 spiro atoms. The highest BCUT2D eigenvalue weighted by Crippen LogP contribution is 2.14. The van der Waals surface area contributed by atoms with Crippen molar-refractivity contribution in [1.82, 2.24) is 4.98 Å². The molecule has 0 atom stereocenters. The Kier molecular flexibility index (Phi) is 1.73. The summed E-state index contributed by atoms with van der Waals surface area (Å²) >= 11 is 1.49. The first-order valence-corrected chi connectivity index (χ1v) is 4.78.